The van der Waals surface area contributed by atoms with Crippen molar-refractivity contribution in [1.82, 2.24) is 9.62 Å². The molecule has 0 spiro atoms. The molecular weight excluding hydrogens is 426 g/mol. The monoisotopic (exact) mass is 450 g/mol. The minimum Gasteiger partial charge on any atom is -0.334 e. The summed E-state index contributed by atoms with van der Waals surface area (Å²) in [4.78, 5) is 14.4. The summed E-state index contributed by atoms with van der Waals surface area (Å²) in [7, 11) is 0. The van der Waals surface area contributed by atoms with Crippen molar-refractivity contribution < 1.29 is 13.6 Å². The molecule has 2 aromatic rings. The van der Waals surface area contributed by atoms with E-state index in [1.54, 1.807) is 41.3 Å². The Bertz CT molecular complexity index is 924. The van der Waals surface area contributed by atoms with Crippen molar-refractivity contribution in [3.8, 4) is 11.1 Å². The van der Waals surface area contributed by atoms with Crippen molar-refractivity contribution in [2.75, 3.05) is 12.3 Å². The Hall–Kier alpha value is -1.63. The van der Waals surface area contributed by atoms with Crippen LogP contribution in [-0.2, 0) is 11.2 Å². The zero-order chi connectivity index (χ0) is 21.3. The Labute approximate surface area is 185 Å². The molecule has 1 saturated heterocycles. The molecule has 1 aliphatic carbocycles. The number of hydrogen-bond donors (Lipinski definition) is 1. The number of hydrogen-bond acceptors (Lipinski definition) is 3. The fourth-order valence-electron chi connectivity index (χ4n) is 4.10. The zero-order valence-electron chi connectivity index (χ0n) is 16.8. The van der Waals surface area contributed by atoms with Crippen molar-refractivity contribution >= 4 is 29.5 Å². The Kier molecular flexibility index (Phi) is 6.66. The molecule has 3 nitrogen and oxygen atoms in total. The fraction of sp³-hybridized carbons (Fsp3) is 0.435. The second-order valence-electron chi connectivity index (χ2n) is 7.92. The number of nitrogens with one attached hydrogen (secondary N) is 1. The number of benzene rings is 2. The Morgan fingerprint density at radius 2 is 2.03 bits per heavy atom. The van der Waals surface area contributed by atoms with E-state index >= 15 is 4.39 Å². The highest BCUT2D eigenvalue weighted by Gasteiger charge is 2.47. The van der Waals surface area contributed by atoms with Crippen LogP contribution in [0.2, 0.25) is 5.02 Å². The highest BCUT2D eigenvalue weighted by atomic mass is 35.5. The van der Waals surface area contributed by atoms with Crippen LogP contribution in [-0.4, -0.2) is 41.4 Å². The van der Waals surface area contributed by atoms with Gasteiger partial charge in [0, 0.05) is 22.3 Å². The first-order valence-corrected chi connectivity index (χ1v) is 11.7. The van der Waals surface area contributed by atoms with Gasteiger partial charge in [-0.1, -0.05) is 60.8 Å². The van der Waals surface area contributed by atoms with Crippen molar-refractivity contribution in [2.45, 2.75) is 44.4 Å². The van der Waals surface area contributed by atoms with E-state index in [9.17, 15) is 9.18 Å². The summed E-state index contributed by atoms with van der Waals surface area (Å²) < 4.78 is 33.5. The molecule has 7 heteroatoms. The molecule has 30 heavy (non-hydrogen) atoms. The van der Waals surface area contributed by atoms with Gasteiger partial charge in [-0.2, -0.15) is 0 Å². The molecule has 1 aliphatic heterocycles. The number of likely N-dealkylation sites (tertiary alicyclic amines) is 1. The summed E-state index contributed by atoms with van der Waals surface area (Å²) in [6.45, 7) is 2.05. The first-order valence-electron chi connectivity index (χ1n) is 10.3. The fourth-order valence-corrected chi connectivity index (χ4v) is 4.95. The predicted octanol–water partition coefficient (Wildman–Crippen LogP) is 5.27. The summed E-state index contributed by atoms with van der Waals surface area (Å²) in [6, 6.07) is 11.4. The summed E-state index contributed by atoms with van der Waals surface area (Å²) in [5.41, 5.74) is 1.63. The van der Waals surface area contributed by atoms with Gasteiger partial charge in [0.2, 0.25) is 5.91 Å². The second kappa shape index (κ2) is 9.25. The molecule has 0 radical (unpaired) electrons. The lowest BCUT2D eigenvalue weighted by molar-refractivity contribution is -0.133. The number of nitrogens with zero attached hydrogens (tertiary/aromatic N) is 1. The molecular formula is C23H25ClF2N2OS. The van der Waals surface area contributed by atoms with Crippen LogP contribution in [0.4, 0.5) is 8.78 Å². The minimum absolute atomic E-state index is 0.0000740. The van der Waals surface area contributed by atoms with E-state index < -0.39 is 18.3 Å². The van der Waals surface area contributed by atoms with Gasteiger partial charge in [-0.15, -0.1) is 0 Å². The quantitative estimate of drug-likeness (QED) is 0.583. The van der Waals surface area contributed by atoms with Gasteiger partial charge in [0.1, 0.15) is 12.0 Å². The largest absolute Gasteiger partial charge is 0.334 e. The van der Waals surface area contributed by atoms with Crippen LogP contribution in [0.25, 0.3) is 11.1 Å². The average molecular weight is 451 g/mol. The van der Waals surface area contributed by atoms with E-state index in [1.165, 1.54) is 11.9 Å². The zero-order valence-corrected chi connectivity index (χ0v) is 18.4. The lowest BCUT2D eigenvalue weighted by Crippen LogP contribution is -2.46. The molecule has 2 fully saturated rings. The smallest absolute Gasteiger partial charge is 0.226 e. The van der Waals surface area contributed by atoms with E-state index in [4.69, 9.17) is 11.6 Å². The third-order valence-corrected chi connectivity index (χ3v) is 6.76. The molecule has 1 N–H and O–H groups in total. The van der Waals surface area contributed by atoms with E-state index in [0.717, 1.165) is 18.6 Å². The van der Waals surface area contributed by atoms with Gasteiger partial charge in [0.05, 0.1) is 18.6 Å². The maximum atomic E-state index is 15.5. The van der Waals surface area contributed by atoms with Gasteiger partial charge < -0.3 is 4.90 Å². The Morgan fingerprint density at radius 3 is 2.73 bits per heavy atom. The van der Waals surface area contributed by atoms with Crippen LogP contribution in [0, 0.1) is 11.7 Å². The van der Waals surface area contributed by atoms with Gasteiger partial charge in [0.15, 0.2) is 0 Å². The summed E-state index contributed by atoms with van der Waals surface area (Å²) >= 11 is 7.51. The molecule has 160 valence electrons. The van der Waals surface area contributed by atoms with Crippen LogP contribution in [0.3, 0.4) is 0 Å². The van der Waals surface area contributed by atoms with Crippen LogP contribution < -0.4 is 4.72 Å². The Balaban J connectivity index is 1.64. The molecule has 1 amide bonds. The number of alkyl halides is 1. The SMILES string of the molecule is CCSN[C@H]1[C@@H](F)CN(C(=O)C2CC2)[C@H]1Cc1cccc(-c2cccc(Cl)c2)c1F. The first-order chi connectivity index (χ1) is 14.5. The van der Waals surface area contributed by atoms with Crippen LogP contribution >= 0.6 is 23.5 Å². The highest BCUT2D eigenvalue weighted by molar-refractivity contribution is 7.97. The molecule has 1 heterocycles. The number of carbonyl (C=O) groups excluding carboxylic acids is 1. The van der Waals surface area contributed by atoms with E-state index in [2.05, 4.69) is 4.72 Å². The lowest BCUT2D eigenvalue weighted by atomic mass is 9.95. The number of amides is 1. The standard InChI is InChI=1S/C23H25ClF2N2OS/c1-2-30-27-22-19(25)13-28(23(29)14-9-10-14)20(22)12-16-6-4-8-18(21(16)26)15-5-3-7-17(24)11-15/h3-8,11,14,19-20,22,27H,2,9-10,12-13H2,1H3/t19-,20-,22-/m0/s1. The van der Waals surface area contributed by atoms with Gasteiger partial charge in [-0.05, 0) is 42.5 Å². The Morgan fingerprint density at radius 1 is 1.27 bits per heavy atom. The van der Waals surface area contributed by atoms with Crippen molar-refractivity contribution in [1.29, 1.82) is 0 Å². The maximum absolute atomic E-state index is 15.5. The van der Waals surface area contributed by atoms with Gasteiger partial charge >= 0.3 is 0 Å². The molecule has 0 unspecified atom stereocenters. The third kappa shape index (κ3) is 4.51. The summed E-state index contributed by atoms with van der Waals surface area (Å²) in [5, 5.41) is 0.537. The molecule has 3 atom stereocenters. The van der Waals surface area contributed by atoms with Crippen LogP contribution in [0.5, 0.6) is 0 Å². The van der Waals surface area contributed by atoms with Gasteiger partial charge in [-0.3, -0.25) is 9.52 Å². The third-order valence-electron chi connectivity index (χ3n) is 5.79. The number of halogens is 3. The summed E-state index contributed by atoms with van der Waals surface area (Å²) in [6.07, 6.45) is 0.816. The van der Waals surface area contributed by atoms with E-state index in [0.29, 0.717) is 21.7 Å². The normalized spacial score (nSPS) is 23.7. The molecule has 2 aromatic carbocycles. The lowest BCUT2D eigenvalue weighted by Gasteiger charge is -2.29. The molecule has 2 aliphatic rings. The molecule has 0 aromatic heterocycles. The van der Waals surface area contributed by atoms with Crippen molar-refractivity contribution in [3.05, 3.63) is 58.9 Å². The molecule has 1 saturated carbocycles. The van der Waals surface area contributed by atoms with E-state index in [-0.39, 0.29) is 30.6 Å². The van der Waals surface area contributed by atoms with Gasteiger partial charge in [-0.25, -0.2) is 8.78 Å². The number of rotatable bonds is 7. The molecule has 4 rings (SSSR count). The molecule has 0 bridgehead atoms. The predicted molar refractivity (Wildman–Crippen MR) is 119 cm³/mol. The maximum Gasteiger partial charge on any atom is 0.226 e. The first kappa shape index (κ1) is 21.6. The highest BCUT2D eigenvalue weighted by Crippen LogP contribution is 2.36. The minimum atomic E-state index is -1.17. The van der Waals surface area contributed by atoms with Crippen LogP contribution in [0.15, 0.2) is 42.5 Å². The second-order valence-corrected chi connectivity index (χ2v) is 9.46. The van der Waals surface area contributed by atoms with Crippen molar-refractivity contribution in [2.24, 2.45) is 5.92 Å². The number of carbonyl (C=O) groups is 1. The van der Waals surface area contributed by atoms with E-state index in [1.807, 2.05) is 13.0 Å². The van der Waals surface area contributed by atoms with Crippen molar-refractivity contribution in [3.63, 3.8) is 0 Å². The average Bonchev–Trinajstić information content (AvgIpc) is 3.53. The van der Waals surface area contributed by atoms with Gasteiger partial charge in [0.25, 0.3) is 0 Å². The summed E-state index contributed by atoms with van der Waals surface area (Å²) in [5.74, 6) is 0.438. The topological polar surface area (TPSA) is 32.3 Å². The van der Waals surface area contributed by atoms with Crippen LogP contribution in [0.1, 0.15) is 25.3 Å².